The summed E-state index contributed by atoms with van der Waals surface area (Å²) >= 11 is 0. The minimum Gasteiger partial charge on any atom is -0.458 e. The van der Waals surface area contributed by atoms with Crippen molar-refractivity contribution in [2.75, 3.05) is 0 Å². The van der Waals surface area contributed by atoms with Crippen molar-refractivity contribution < 1.29 is 13.9 Å². The molecule has 8 aromatic rings. The summed E-state index contributed by atoms with van der Waals surface area (Å²) in [4.78, 5) is 0. The Morgan fingerprint density at radius 1 is 0.426 bits per heavy atom. The Bertz CT molecular complexity index is 2120. The van der Waals surface area contributed by atoms with Gasteiger partial charge >= 0.3 is 0 Å². The van der Waals surface area contributed by atoms with Crippen LogP contribution in [-0.4, -0.2) is 9.13 Å². The smallest absolute Gasteiger partial charge is 0.268 e. The topological polar surface area (TPSA) is 26.8 Å². The van der Waals surface area contributed by atoms with Crippen LogP contribution in [0.25, 0.3) is 45.0 Å². The Labute approximate surface area is 274 Å². The second-order valence-electron chi connectivity index (χ2n) is 11.1. The minimum absolute atomic E-state index is 0.737. The highest BCUT2D eigenvalue weighted by Crippen LogP contribution is 2.27. The molecule has 0 saturated carbocycles. The third-order valence-electron chi connectivity index (χ3n) is 8.08. The Morgan fingerprint density at radius 3 is 1.32 bits per heavy atom. The summed E-state index contributed by atoms with van der Waals surface area (Å²) < 4.78 is 14.4. The molecule has 0 spiro atoms. The van der Waals surface area contributed by atoms with E-state index in [0.717, 1.165) is 45.4 Å². The van der Waals surface area contributed by atoms with Crippen LogP contribution >= 0.6 is 0 Å². The van der Waals surface area contributed by atoms with E-state index in [4.69, 9.17) is 4.74 Å². The summed E-state index contributed by atoms with van der Waals surface area (Å²) in [7, 11) is 0. The van der Waals surface area contributed by atoms with Gasteiger partial charge in [0.15, 0.2) is 0 Å². The van der Waals surface area contributed by atoms with E-state index in [1.54, 1.807) is 0 Å². The fourth-order valence-corrected chi connectivity index (χ4v) is 5.81. The second kappa shape index (κ2) is 12.5. The molecule has 6 aromatic carbocycles. The number of ether oxygens (including phenoxy) is 1. The van der Waals surface area contributed by atoms with Gasteiger partial charge in [-0.3, -0.25) is 18.3 Å². The van der Waals surface area contributed by atoms with Crippen LogP contribution in [0.4, 0.5) is 0 Å². The van der Waals surface area contributed by atoms with Gasteiger partial charge in [0, 0.05) is 24.8 Å². The van der Waals surface area contributed by atoms with Gasteiger partial charge in [0.2, 0.25) is 0 Å². The molecule has 47 heavy (non-hydrogen) atoms. The number of rotatable bonds is 8. The second-order valence-corrected chi connectivity index (χ2v) is 11.1. The fourth-order valence-electron chi connectivity index (χ4n) is 5.81. The van der Waals surface area contributed by atoms with Crippen molar-refractivity contribution in [3.63, 3.8) is 0 Å². The van der Waals surface area contributed by atoms with Crippen LogP contribution in [0, 0.1) is 12.7 Å². The number of hydrogen-bond acceptors (Lipinski definition) is 1. The van der Waals surface area contributed by atoms with E-state index in [-0.39, 0.29) is 0 Å². The molecule has 0 unspecified atom stereocenters. The van der Waals surface area contributed by atoms with Crippen LogP contribution in [0.5, 0.6) is 11.5 Å². The Kier molecular flexibility index (Phi) is 7.46. The quantitative estimate of drug-likeness (QED) is 0.126. The zero-order valence-corrected chi connectivity index (χ0v) is 25.5. The highest BCUT2D eigenvalue weighted by molar-refractivity contribution is 5.71. The van der Waals surface area contributed by atoms with Crippen LogP contribution in [0.1, 0.15) is 0 Å². The van der Waals surface area contributed by atoms with Gasteiger partial charge in [-0.25, -0.2) is 0 Å². The Hall–Kier alpha value is -6.46. The molecule has 0 bridgehead atoms. The number of benzene rings is 6. The first-order valence-electron chi connectivity index (χ1n) is 15.5. The highest BCUT2D eigenvalue weighted by Gasteiger charge is 2.11. The summed E-state index contributed by atoms with van der Waals surface area (Å²) in [6.07, 6.45) is 15.0. The lowest BCUT2D eigenvalue weighted by atomic mass is 10.0. The molecule has 0 amide bonds. The van der Waals surface area contributed by atoms with E-state index in [2.05, 4.69) is 110 Å². The van der Waals surface area contributed by atoms with Gasteiger partial charge in [-0.05, 0) is 70.8 Å². The summed E-state index contributed by atoms with van der Waals surface area (Å²) in [5.74, 6) is 1.47. The lowest BCUT2D eigenvalue weighted by Gasteiger charge is -2.11. The fraction of sp³-hybridized carbons (Fsp3) is 0. The van der Waals surface area contributed by atoms with E-state index >= 15 is 0 Å². The van der Waals surface area contributed by atoms with Crippen molar-refractivity contribution in [1.29, 1.82) is 0 Å². The third-order valence-corrected chi connectivity index (χ3v) is 8.08. The standard InChI is InChI=1S/C42H30N4O/c1-3-13-33(14-4-1)39-21-7-9-23-41(39)45-27-25-43(31-45)35-17-11-19-37(29-35)47-38-20-12-18-36(30-38)44-26-28-46(32-44)42-24-10-8-22-40(42)34-15-5-2-6-16-34/h1-30H. The maximum atomic E-state index is 6.37. The van der Waals surface area contributed by atoms with Crippen molar-refractivity contribution in [2.45, 2.75) is 0 Å². The Morgan fingerprint density at radius 2 is 0.851 bits per heavy atom. The van der Waals surface area contributed by atoms with Gasteiger partial charge in [0.1, 0.15) is 11.5 Å². The maximum Gasteiger partial charge on any atom is 0.268 e. The SMILES string of the molecule is [c-]1n(-c2cccc(Oc3cccc(-n4[c-][n+](-c5ccccc5-c5ccccc5)cc4)c3)c2)cc[n+]1-c1ccccc1-c1ccccc1. The molecule has 8 rings (SSSR count). The zero-order valence-electron chi connectivity index (χ0n) is 25.5. The predicted molar refractivity (Wildman–Crippen MR) is 183 cm³/mol. The average Bonchev–Trinajstić information content (AvgIpc) is 3.84. The maximum absolute atomic E-state index is 6.37. The number of nitrogens with zero attached hydrogens (tertiary/aromatic N) is 4. The zero-order chi connectivity index (χ0) is 31.4. The molecular formula is C42H30N4O. The van der Waals surface area contributed by atoms with Crippen molar-refractivity contribution in [3.8, 4) is 56.5 Å². The van der Waals surface area contributed by atoms with Gasteiger partial charge < -0.3 is 4.74 Å². The van der Waals surface area contributed by atoms with E-state index in [9.17, 15) is 0 Å². The van der Waals surface area contributed by atoms with E-state index < -0.39 is 0 Å². The number of aromatic nitrogens is 4. The number of hydrogen-bond donors (Lipinski definition) is 0. The van der Waals surface area contributed by atoms with Gasteiger partial charge in [-0.15, -0.1) is 0 Å². The van der Waals surface area contributed by atoms with Crippen molar-refractivity contribution in [2.24, 2.45) is 0 Å². The molecule has 0 N–H and O–H groups in total. The molecule has 0 fully saturated rings. The monoisotopic (exact) mass is 606 g/mol. The molecule has 0 aliphatic rings. The molecule has 0 radical (unpaired) electrons. The number of para-hydroxylation sites is 2. The van der Waals surface area contributed by atoms with Crippen LogP contribution in [0.15, 0.2) is 183 Å². The Balaban J connectivity index is 1.03. The first-order valence-corrected chi connectivity index (χ1v) is 15.5. The van der Waals surface area contributed by atoms with Gasteiger partial charge in [0.25, 0.3) is 12.7 Å². The van der Waals surface area contributed by atoms with Crippen molar-refractivity contribution >= 4 is 0 Å². The van der Waals surface area contributed by atoms with E-state index in [1.165, 1.54) is 11.1 Å². The molecule has 2 aromatic heterocycles. The summed E-state index contributed by atoms with van der Waals surface area (Å²) in [6.45, 7) is 0. The molecule has 5 nitrogen and oxygen atoms in total. The van der Waals surface area contributed by atoms with Gasteiger partial charge in [0.05, 0.1) is 22.7 Å². The summed E-state index contributed by atoms with van der Waals surface area (Å²) in [5.41, 5.74) is 8.65. The average molecular weight is 607 g/mol. The normalized spacial score (nSPS) is 11.0. The first kappa shape index (κ1) is 28.0. The largest absolute Gasteiger partial charge is 0.458 e. The molecule has 224 valence electrons. The number of imidazole rings is 2. The molecular weight excluding hydrogens is 576 g/mol. The van der Waals surface area contributed by atoms with Crippen LogP contribution in [-0.2, 0) is 0 Å². The van der Waals surface area contributed by atoms with E-state index in [1.807, 2.05) is 104 Å². The van der Waals surface area contributed by atoms with E-state index in [0.29, 0.717) is 0 Å². The van der Waals surface area contributed by atoms with Gasteiger partial charge in [-0.1, -0.05) is 109 Å². The molecule has 0 atom stereocenters. The van der Waals surface area contributed by atoms with Crippen molar-refractivity contribution in [1.82, 2.24) is 9.13 Å². The molecule has 5 heteroatoms. The minimum atomic E-state index is 0.737. The van der Waals surface area contributed by atoms with Crippen LogP contribution in [0.2, 0.25) is 0 Å². The molecule has 0 saturated heterocycles. The van der Waals surface area contributed by atoms with Crippen LogP contribution in [0.3, 0.4) is 0 Å². The van der Waals surface area contributed by atoms with Crippen molar-refractivity contribution in [3.05, 3.63) is 195 Å². The predicted octanol–water partition coefficient (Wildman–Crippen LogP) is 8.55. The molecule has 0 aliphatic heterocycles. The lowest BCUT2D eigenvalue weighted by Crippen LogP contribution is -2.29. The lowest BCUT2D eigenvalue weighted by molar-refractivity contribution is -0.598. The summed E-state index contributed by atoms with van der Waals surface area (Å²) in [6, 6.07) is 53.6. The highest BCUT2D eigenvalue weighted by atomic mass is 16.5. The van der Waals surface area contributed by atoms with Gasteiger partial charge in [-0.2, -0.15) is 0 Å². The summed E-state index contributed by atoms with van der Waals surface area (Å²) in [5, 5.41) is 0. The third kappa shape index (κ3) is 5.86. The first-order chi connectivity index (χ1) is 23.3. The molecule has 0 aliphatic carbocycles. The molecule has 2 heterocycles. The van der Waals surface area contributed by atoms with Crippen LogP contribution < -0.4 is 13.9 Å².